The Morgan fingerprint density at radius 3 is 2.69 bits per heavy atom. The van der Waals surface area contributed by atoms with Crippen LogP contribution in [0.3, 0.4) is 0 Å². The Kier molecular flexibility index (Phi) is 7.52. The van der Waals surface area contributed by atoms with Gasteiger partial charge < -0.3 is 15.7 Å². The third-order valence-corrected chi connectivity index (χ3v) is 6.03. The number of benzene rings is 1. The smallest absolute Gasteiger partial charge is 0.273 e. The Labute approximate surface area is 189 Å². The van der Waals surface area contributed by atoms with E-state index in [0.717, 1.165) is 30.2 Å². The highest BCUT2D eigenvalue weighted by Crippen LogP contribution is 2.37. The first-order chi connectivity index (χ1) is 15.3. The number of para-hydroxylation sites is 1. The molecular weight excluding hydrogens is 406 g/mol. The van der Waals surface area contributed by atoms with Crippen LogP contribution in [0.2, 0.25) is 0 Å². The number of aromatic nitrogens is 2. The molecule has 1 aliphatic rings. The molecule has 3 atom stereocenters. The lowest BCUT2D eigenvalue weighted by atomic mass is 9.86. The van der Waals surface area contributed by atoms with Crippen LogP contribution in [0.15, 0.2) is 24.3 Å². The molecule has 8 nitrogen and oxygen atoms in total. The lowest BCUT2D eigenvalue weighted by Gasteiger charge is -2.30. The van der Waals surface area contributed by atoms with E-state index in [1.807, 2.05) is 45.0 Å². The van der Waals surface area contributed by atoms with E-state index in [-0.39, 0.29) is 24.3 Å². The van der Waals surface area contributed by atoms with E-state index in [2.05, 4.69) is 21.8 Å². The molecule has 0 radical (unpaired) electrons. The number of unbranched alkanes of at least 4 members (excludes halogenated alkanes) is 2. The van der Waals surface area contributed by atoms with Crippen LogP contribution >= 0.6 is 0 Å². The fourth-order valence-corrected chi connectivity index (χ4v) is 3.92. The Bertz CT molecular complexity index is 1000. The second kappa shape index (κ2) is 10.1. The highest BCUT2D eigenvalue weighted by Gasteiger charge is 2.38. The summed E-state index contributed by atoms with van der Waals surface area (Å²) in [5.41, 5.74) is 0.663. The number of aryl methyl sites for hydroxylation is 1. The summed E-state index contributed by atoms with van der Waals surface area (Å²) < 4.78 is 1.80. The molecule has 3 rings (SSSR count). The number of nitrogens with one attached hydrogen (secondary N) is 2. The Morgan fingerprint density at radius 1 is 1.28 bits per heavy atom. The summed E-state index contributed by atoms with van der Waals surface area (Å²) >= 11 is 0. The molecule has 172 valence electrons. The fraction of sp³-hybridized carbons (Fsp3) is 0.583. The second-order valence-corrected chi connectivity index (χ2v) is 9.66. The van der Waals surface area contributed by atoms with Crippen LogP contribution in [0, 0.1) is 28.6 Å². The molecule has 1 aliphatic carbocycles. The number of rotatable bonds is 10. The average molecular weight is 440 g/mol. The summed E-state index contributed by atoms with van der Waals surface area (Å²) in [7, 11) is 0. The predicted octanol–water partition coefficient (Wildman–Crippen LogP) is 2.62. The minimum absolute atomic E-state index is 0.145. The summed E-state index contributed by atoms with van der Waals surface area (Å²) in [6.07, 6.45) is 2.98. The number of aliphatic hydroxyl groups excluding tert-OH is 1. The van der Waals surface area contributed by atoms with E-state index >= 15 is 0 Å². The first kappa shape index (κ1) is 23.7. The van der Waals surface area contributed by atoms with E-state index in [9.17, 15) is 14.7 Å². The summed E-state index contributed by atoms with van der Waals surface area (Å²) in [5.74, 6) is -0.0381. The van der Waals surface area contributed by atoms with Gasteiger partial charge in [0.1, 0.15) is 6.04 Å². The van der Waals surface area contributed by atoms with E-state index < -0.39 is 11.5 Å². The summed E-state index contributed by atoms with van der Waals surface area (Å²) in [6, 6.07) is 8.97. The maximum Gasteiger partial charge on any atom is 0.273 e. The molecule has 1 aromatic carbocycles. The number of nitriles is 1. The number of aliphatic hydroxyl groups is 1. The highest BCUT2D eigenvalue weighted by molar-refractivity contribution is 6.06. The van der Waals surface area contributed by atoms with Crippen molar-refractivity contribution < 1.29 is 14.7 Å². The van der Waals surface area contributed by atoms with Crippen LogP contribution in [-0.4, -0.2) is 45.9 Å². The molecule has 0 spiro atoms. The van der Waals surface area contributed by atoms with E-state index in [1.54, 1.807) is 4.68 Å². The summed E-state index contributed by atoms with van der Waals surface area (Å²) in [5, 5.41) is 29.1. The van der Waals surface area contributed by atoms with Crippen LogP contribution in [-0.2, 0) is 11.3 Å². The zero-order valence-electron chi connectivity index (χ0n) is 19.1. The number of nitrogens with zero attached hydrogens (tertiary/aromatic N) is 3. The van der Waals surface area contributed by atoms with E-state index in [1.165, 1.54) is 0 Å². The fourth-order valence-electron chi connectivity index (χ4n) is 3.92. The predicted molar refractivity (Wildman–Crippen MR) is 122 cm³/mol. The third-order valence-electron chi connectivity index (χ3n) is 6.03. The Morgan fingerprint density at radius 2 is 2.03 bits per heavy atom. The zero-order valence-corrected chi connectivity index (χ0v) is 19.1. The van der Waals surface area contributed by atoms with Gasteiger partial charge in [-0.15, -0.1) is 0 Å². The van der Waals surface area contributed by atoms with Crippen LogP contribution in [0.4, 0.5) is 0 Å². The van der Waals surface area contributed by atoms with Gasteiger partial charge in [0.05, 0.1) is 11.6 Å². The summed E-state index contributed by atoms with van der Waals surface area (Å²) in [6.45, 7) is 7.01. The largest absolute Gasteiger partial charge is 0.396 e. The lowest BCUT2D eigenvalue weighted by molar-refractivity contribution is -0.125. The monoisotopic (exact) mass is 439 g/mol. The molecule has 0 aliphatic heterocycles. The molecular formula is C24H33N5O3. The van der Waals surface area contributed by atoms with Crippen molar-refractivity contribution in [2.24, 2.45) is 17.3 Å². The van der Waals surface area contributed by atoms with Gasteiger partial charge in [-0.2, -0.15) is 10.4 Å². The third kappa shape index (κ3) is 5.65. The number of hydrogen-bond acceptors (Lipinski definition) is 5. The zero-order chi connectivity index (χ0) is 23.3. The first-order valence-corrected chi connectivity index (χ1v) is 11.3. The number of amides is 2. The molecule has 32 heavy (non-hydrogen) atoms. The summed E-state index contributed by atoms with van der Waals surface area (Å²) in [4.78, 5) is 26.1. The number of hydrogen-bond donors (Lipinski definition) is 3. The van der Waals surface area contributed by atoms with Crippen molar-refractivity contribution in [1.29, 1.82) is 5.26 Å². The molecule has 1 fully saturated rings. The normalized spacial score (nSPS) is 18.7. The Balaban J connectivity index is 1.74. The molecule has 2 aromatic rings. The SMILES string of the molecule is CC(C)(C)C(NC(=O)c1nn(CCCCC#N)c2ccccc12)C(=O)NC[C@H]1C[C@@H]1CO. The molecule has 1 unspecified atom stereocenters. The van der Waals surface area contributed by atoms with Crippen LogP contribution in [0.1, 0.15) is 56.9 Å². The molecule has 2 amide bonds. The number of carbonyl (C=O) groups excluding carboxylic acids is 2. The van der Waals surface area contributed by atoms with Crippen molar-refractivity contribution in [1.82, 2.24) is 20.4 Å². The van der Waals surface area contributed by atoms with Gasteiger partial charge in [-0.1, -0.05) is 39.0 Å². The van der Waals surface area contributed by atoms with Gasteiger partial charge in [0.15, 0.2) is 5.69 Å². The highest BCUT2D eigenvalue weighted by atomic mass is 16.3. The van der Waals surface area contributed by atoms with E-state index in [0.29, 0.717) is 31.1 Å². The van der Waals surface area contributed by atoms with Gasteiger partial charge >= 0.3 is 0 Å². The van der Waals surface area contributed by atoms with Crippen molar-refractivity contribution >= 4 is 22.7 Å². The van der Waals surface area contributed by atoms with Crippen molar-refractivity contribution in [2.45, 2.75) is 59.0 Å². The second-order valence-electron chi connectivity index (χ2n) is 9.66. The van der Waals surface area contributed by atoms with Gasteiger partial charge in [0.2, 0.25) is 5.91 Å². The van der Waals surface area contributed by atoms with Crippen LogP contribution in [0.5, 0.6) is 0 Å². The molecule has 1 aromatic heterocycles. The maximum atomic E-state index is 13.2. The van der Waals surface area contributed by atoms with Crippen LogP contribution in [0.25, 0.3) is 10.9 Å². The van der Waals surface area contributed by atoms with Gasteiger partial charge in [0, 0.05) is 31.5 Å². The van der Waals surface area contributed by atoms with Gasteiger partial charge in [-0.3, -0.25) is 14.3 Å². The van der Waals surface area contributed by atoms with Crippen LogP contribution < -0.4 is 10.6 Å². The van der Waals surface area contributed by atoms with Crippen molar-refractivity contribution in [3.63, 3.8) is 0 Å². The molecule has 3 N–H and O–H groups in total. The standard InChI is InChI=1S/C24H33N5O3/c1-24(2,3)21(23(32)26-14-16-13-17(16)15-30)27-22(31)20-18-9-5-6-10-19(18)29(28-20)12-8-4-7-11-25/h5-6,9-10,16-17,21,30H,4,7-8,12-15H2,1-3H3,(H,26,32)(H,27,31)/t16-,17-,21?/m1/s1. The molecule has 1 heterocycles. The van der Waals surface area contributed by atoms with Crippen molar-refractivity contribution in [2.75, 3.05) is 13.2 Å². The number of carbonyl (C=O) groups is 2. The minimum atomic E-state index is -0.721. The van der Waals surface area contributed by atoms with Gasteiger partial charge in [-0.05, 0) is 42.6 Å². The van der Waals surface area contributed by atoms with Gasteiger partial charge in [-0.25, -0.2) is 0 Å². The number of fused-ring (bicyclic) bond motifs is 1. The van der Waals surface area contributed by atoms with Crippen molar-refractivity contribution in [3.05, 3.63) is 30.0 Å². The lowest BCUT2D eigenvalue weighted by Crippen LogP contribution is -2.54. The molecule has 0 saturated heterocycles. The quantitative estimate of drug-likeness (QED) is 0.492. The van der Waals surface area contributed by atoms with Crippen molar-refractivity contribution in [3.8, 4) is 6.07 Å². The molecule has 8 heteroatoms. The van der Waals surface area contributed by atoms with Gasteiger partial charge in [0.25, 0.3) is 5.91 Å². The first-order valence-electron chi connectivity index (χ1n) is 11.3. The molecule has 0 bridgehead atoms. The van der Waals surface area contributed by atoms with E-state index in [4.69, 9.17) is 5.26 Å². The molecule has 1 saturated carbocycles. The average Bonchev–Trinajstić information content (AvgIpc) is 3.44. The maximum absolute atomic E-state index is 13.2. The minimum Gasteiger partial charge on any atom is -0.396 e. The topological polar surface area (TPSA) is 120 Å². The Hall–Kier alpha value is -2.92.